The topological polar surface area (TPSA) is 102 Å². The predicted octanol–water partition coefficient (Wildman–Crippen LogP) is 4.98. The van der Waals surface area contributed by atoms with Gasteiger partial charge in [-0.1, -0.05) is 25.7 Å². The Balaban J connectivity index is 1.07. The number of nitrogens with one attached hydrogen (secondary N) is 3. The van der Waals surface area contributed by atoms with Gasteiger partial charge in [0.15, 0.2) is 5.82 Å². The van der Waals surface area contributed by atoms with Gasteiger partial charge in [0, 0.05) is 36.3 Å². The van der Waals surface area contributed by atoms with Crippen LogP contribution in [-0.2, 0) is 4.79 Å². The molecule has 0 radical (unpaired) electrons. The third-order valence-corrected chi connectivity index (χ3v) is 10.3. The van der Waals surface area contributed by atoms with Crippen molar-refractivity contribution in [2.24, 2.45) is 5.41 Å². The SMILES string of the molecule is CN1[C@@H]2CCC[C@H]1CC(NC(=O)c1ccc(Nc3ncc4c(n3)N(C3CCCCC3)CC3(CC3)C(=O)N4)c(F)c1)C2. The number of hydrogen-bond donors (Lipinski definition) is 3. The van der Waals surface area contributed by atoms with Gasteiger partial charge in [0.1, 0.15) is 11.5 Å². The molecule has 7 rings (SSSR count). The number of amides is 2. The van der Waals surface area contributed by atoms with Crippen LogP contribution in [0.1, 0.15) is 87.4 Å². The van der Waals surface area contributed by atoms with Crippen LogP contribution in [0.15, 0.2) is 24.4 Å². The lowest BCUT2D eigenvalue weighted by Gasteiger charge is -2.47. The lowest BCUT2D eigenvalue weighted by atomic mass is 9.82. The molecule has 2 aromatic rings. The van der Waals surface area contributed by atoms with Crippen LogP contribution >= 0.6 is 0 Å². The molecule has 2 bridgehead atoms. The van der Waals surface area contributed by atoms with Gasteiger partial charge < -0.3 is 25.8 Å². The van der Waals surface area contributed by atoms with E-state index in [0.717, 1.165) is 38.5 Å². The summed E-state index contributed by atoms with van der Waals surface area (Å²) in [6, 6.07) is 5.96. The molecule has 3 N–H and O–H groups in total. The van der Waals surface area contributed by atoms with Gasteiger partial charge in [-0.3, -0.25) is 9.59 Å². The summed E-state index contributed by atoms with van der Waals surface area (Å²) in [6.45, 7) is 0.657. The van der Waals surface area contributed by atoms with Crippen molar-refractivity contribution in [1.82, 2.24) is 20.2 Å². The van der Waals surface area contributed by atoms with E-state index in [1.807, 2.05) is 0 Å². The summed E-state index contributed by atoms with van der Waals surface area (Å²) in [5, 5.41) is 9.23. The van der Waals surface area contributed by atoms with Crippen LogP contribution in [0.3, 0.4) is 0 Å². The molecule has 218 valence electrons. The molecule has 4 fully saturated rings. The second kappa shape index (κ2) is 10.5. The van der Waals surface area contributed by atoms with Crippen LogP contribution < -0.4 is 20.9 Å². The van der Waals surface area contributed by atoms with Crippen molar-refractivity contribution < 1.29 is 14.0 Å². The molecule has 10 heteroatoms. The van der Waals surface area contributed by atoms with E-state index in [0.29, 0.717) is 41.7 Å². The quantitative estimate of drug-likeness (QED) is 0.473. The van der Waals surface area contributed by atoms with E-state index in [-0.39, 0.29) is 34.9 Å². The maximum absolute atomic E-state index is 15.3. The summed E-state index contributed by atoms with van der Waals surface area (Å²) < 4.78 is 15.3. The number of fused-ring (bicyclic) bond motifs is 3. The number of piperidine rings is 2. The van der Waals surface area contributed by atoms with Gasteiger partial charge >= 0.3 is 0 Å². The van der Waals surface area contributed by atoms with Gasteiger partial charge in [0.05, 0.1) is 17.3 Å². The predicted molar refractivity (Wildman–Crippen MR) is 156 cm³/mol. The molecule has 3 aliphatic heterocycles. The fourth-order valence-corrected chi connectivity index (χ4v) is 7.58. The Labute approximate surface area is 240 Å². The fourth-order valence-electron chi connectivity index (χ4n) is 7.58. The Kier molecular flexibility index (Phi) is 6.84. The third-order valence-electron chi connectivity index (χ3n) is 10.3. The highest BCUT2D eigenvalue weighted by Crippen LogP contribution is 2.51. The molecule has 2 saturated carbocycles. The van der Waals surface area contributed by atoms with E-state index >= 15 is 4.39 Å². The first kappa shape index (κ1) is 26.6. The van der Waals surface area contributed by atoms with Crippen molar-refractivity contribution >= 4 is 35.0 Å². The van der Waals surface area contributed by atoms with Crippen molar-refractivity contribution in [2.45, 2.75) is 101 Å². The standard InChI is InChI=1S/C31H40FN7O2/c1-38-22-8-5-9-23(38)16-20(15-22)34-28(40)19-10-11-25(24(32)14-19)36-30-33-17-26-27(37-30)39(21-6-3-2-4-7-21)18-31(12-13-31)29(41)35-26/h10-11,14,17,20-23H,2-9,12-13,15-16,18H2,1H3,(H,34,40)(H,35,41)(H,33,36,37)/t20?,22-,23+. The van der Waals surface area contributed by atoms with Crippen LogP contribution in [0.2, 0.25) is 0 Å². The van der Waals surface area contributed by atoms with Gasteiger partial charge in [0.2, 0.25) is 11.9 Å². The average molecular weight is 562 g/mol. The molecule has 1 aromatic heterocycles. The first-order valence-corrected chi connectivity index (χ1v) is 15.4. The summed E-state index contributed by atoms with van der Waals surface area (Å²) in [6.07, 6.45) is 14.6. The van der Waals surface area contributed by atoms with E-state index < -0.39 is 5.82 Å². The summed E-state index contributed by atoms with van der Waals surface area (Å²) >= 11 is 0. The van der Waals surface area contributed by atoms with E-state index in [9.17, 15) is 9.59 Å². The Morgan fingerprint density at radius 2 is 1.78 bits per heavy atom. The minimum Gasteiger partial charge on any atom is -0.351 e. The fraction of sp³-hybridized carbons (Fsp3) is 0.613. The van der Waals surface area contributed by atoms with Crippen molar-refractivity contribution in [1.29, 1.82) is 0 Å². The number of aromatic nitrogens is 2. The summed E-state index contributed by atoms with van der Waals surface area (Å²) in [7, 11) is 2.19. The summed E-state index contributed by atoms with van der Waals surface area (Å²) in [5.74, 6) is 0.234. The molecule has 1 spiro atoms. The highest BCUT2D eigenvalue weighted by molar-refractivity contribution is 6.01. The molecule has 2 saturated heterocycles. The number of anilines is 4. The number of nitrogens with zero attached hydrogens (tertiary/aromatic N) is 4. The molecule has 3 atom stereocenters. The minimum atomic E-state index is -0.536. The first-order chi connectivity index (χ1) is 19.9. The van der Waals surface area contributed by atoms with Crippen LogP contribution in [0, 0.1) is 11.2 Å². The Bertz CT molecular complexity index is 1330. The number of rotatable bonds is 5. The maximum Gasteiger partial charge on any atom is 0.251 e. The normalized spacial score (nSPS) is 27.5. The molecule has 41 heavy (non-hydrogen) atoms. The van der Waals surface area contributed by atoms with Crippen molar-refractivity contribution in [3.63, 3.8) is 0 Å². The second-order valence-electron chi connectivity index (χ2n) is 13.0. The molecular formula is C31H40FN7O2. The second-order valence-corrected chi connectivity index (χ2v) is 13.0. The van der Waals surface area contributed by atoms with Crippen molar-refractivity contribution in [3.05, 3.63) is 35.8 Å². The number of carbonyl (C=O) groups excluding carboxylic acids is 2. The Hall–Kier alpha value is -3.27. The number of hydrogen-bond acceptors (Lipinski definition) is 7. The van der Waals surface area contributed by atoms with Crippen LogP contribution in [-0.4, -0.2) is 64.4 Å². The van der Waals surface area contributed by atoms with Crippen LogP contribution in [0.4, 0.5) is 27.5 Å². The molecule has 5 aliphatic rings. The zero-order valence-electron chi connectivity index (χ0n) is 23.8. The lowest BCUT2D eigenvalue weighted by molar-refractivity contribution is -0.120. The molecular weight excluding hydrogens is 521 g/mol. The van der Waals surface area contributed by atoms with Gasteiger partial charge in [-0.05, 0) is 76.6 Å². The summed E-state index contributed by atoms with van der Waals surface area (Å²) in [4.78, 5) is 40.0. The average Bonchev–Trinajstić information content (AvgIpc) is 3.77. The highest BCUT2D eigenvalue weighted by Gasteiger charge is 2.53. The molecule has 2 amide bonds. The zero-order chi connectivity index (χ0) is 28.1. The lowest BCUT2D eigenvalue weighted by Crippen LogP contribution is -2.55. The van der Waals surface area contributed by atoms with E-state index in [1.165, 1.54) is 44.6 Å². The number of benzene rings is 1. The molecule has 2 aliphatic carbocycles. The van der Waals surface area contributed by atoms with Crippen molar-refractivity contribution in [2.75, 3.05) is 29.1 Å². The first-order valence-electron chi connectivity index (χ1n) is 15.4. The third kappa shape index (κ3) is 5.15. The maximum atomic E-state index is 15.3. The largest absolute Gasteiger partial charge is 0.351 e. The van der Waals surface area contributed by atoms with Crippen molar-refractivity contribution in [3.8, 4) is 0 Å². The smallest absolute Gasteiger partial charge is 0.251 e. The van der Waals surface area contributed by atoms with E-state index in [4.69, 9.17) is 4.98 Å². The van der Waals surface area contributed by atoms with Gasteiger partial charge in [0.25, 0.3) is 5.91 Å². The van der Waals surface area contributed by atoms with E-state index in [2.05, 4.69) is 37.8 Å². The van der Waals surface area contributed by atoms with Gasteiger partial charge in [-0.25, -0.2) is 9.37 Å². The Morgan fingerprint density at radius 3 is 2.49 bits per heavy atom. The van der Waals surface area contributed by atoms with Crippen LogP contribution in [0.25, 0.3) is 0 Å². The van der Waals surface area contributed by atoms with Gasteiger partial charge in [-0.15, -0.1) is 0 Å². The van der Waals surface area contributed by atoms with Crippen LogP contribution in [0.5, 0.6) is 0 Å². The number of halogens is 1. The monoisotopic (exact) mass is 561 g/mol. The Morgan fingerprint density at radius 1 is 1.05 bits per heavy atom. The van der Waals surface area contributed by atoms with E-state index in [1.54, 1.807) is 18.3 Å². The highest BCUT2D eigenvalue weighted by atomic mass is 19.1. The molecule has 1 unspecified atom stereocenters. The molecule has 1 aromatic carbocycles. The minimum absolute atomic E-state index is 0.0460. The zero-order valence-corrected chi connectivity index (χ0v) is 23.8. The molecule has 4 heterocycles. The van der Waals surface area contributed by atoms with Gasteiger partial charge in [-0.2, -0.15) is 4.98 Å². The number of carbonyl (C=O) groups is 2. The molecule has 9 nitrogen and oxygen atoms in total. The summed E-state index contributed by atoms with van der Waals surface area (Å²) in [5.41, 5.74) is 0.776.